The Morgan fingerprint density at radius 1 is 1.52 bits per heavy atom. The van der Waals surface area contributed by atoms with E-state index in [2.05, 4.69) is 12.2 Å². The normalized spacial score (nSPS) is 16.4. The third kappa shape index (κ3) is 3.59. The van der Waals surface area contributed by atoms with Crippen molar-refractivity contribution < 1.29 is 14.8 Å². The summed E-state index contributed by atoms with van der Waals surface area (Å²) in [5, 5.41) is 23.4. The molecule has 112 valence electrons. The van der Waals surface area contributed by atoms with E-state index in [4.69, 9.17) is 5.11 Å². The number of aliphatic carboxylic acids is 1. The molecule has 6 nitrogen and oxygen atoms in total. The fourth-order valence-corrected chi connectivity index (χ4v) is 2.04. The highest BCUT2D eigenvalue weighted by molar-refractivity contribution is 5.93. The van der Waals surface area contributed by atoms with Crippen molar-refractivity contribution in [2.24, 2.45) is 0 Å². The summed E-state index contributed by atoms with van der Waals surface area (Å²) >= 11 is 0. The van der Waals surface area contributed by atoms with Crippen molar-refractivity contribution in [3.8, 4) is 0 Å². The molecule has 1 fully saturated rings. The molecule has 2 rings (SSSR count). The van der Waals surface area contributed by atoms with Gasteiger partial charge in [0.1, 0.15) is 0 Å². The van der Waals surface area contributed by atoms with Crippen LogP contribution in [0.4, 0.5) is 11.4 Å². The van der Waals surface area contributed by atoms with Gasteiger partial charge in [0.15, 0.2) is 0 Å². The van der Waals surface area contributed by atoms with Gasteiger partial charge >= 0.3 is 5.97 Å². The van der Waals surface area contributed by atoms with E-state index in [1.807, 2.05) is 0 Å². The minimum atomic E-state index is -1.01. The zero-order valence-corrected chi connectivity index (χ0v) is 12.0. The lowest BCUT2D eigenvalue weighted by Crippen LogP contribution is -2.16. The quantitative estimate of drug-likeness (QED) is 0.475. The number of hydrogen-bond donors (Lipinski definition) is 2. The molecule has 0 amide bonds. The van der Waals surface area contributed by atoms with Crippen LogP contribution in [0.3, 0.4) is 0 Å². The van der Waals surface area contributed by atoms with Gasteiger partial charge in [-0.3, -0.25) is 10.1 Å². The maximum Gasteiger partial charge on any atom is 0.331 e. The lowest BCUT2D eigenvalue weighted by molar-refractivity contribution is -0.384. The third-order valence-electron chi connectivity index (χ3n) is 3.67. The summed E-state index contributed by atoms with van der Waals surface area (Å²) in [6.07, 6.45) is 3.93. The van der Waals surface area contributed by atoms with E-state index in [1.54, 1.807) is 13.0 Å². The van der Waals surface area contributed by atoms with Crippen molar-refractivity contribution in [3.05, 3.63) is 39.4 Å². The summed E-state index contributed by atoms with van der Waals surface area (Å²) in [6, 6.07) is 4.48. The van der Waals surface area contributed by atoms with Gasteiger partial charge in [0.05, 0.1) is 4.92 Å². The van der Waals surface area contributed by atoms with Crippen molar-refractivity contribution in [1.82, 2.24) is 0 Å². The second-order valence-corrected chi connectivity index (χ2v) is 5.54. The molecule has 0 atom stereocenters. The first-order valence-corrected chi connectivity index (χ1v) is 6.85. The highest BCUT2D eigenvalue weighted by Crippen LogP contribution is 2.39. The Labute approximate surface area is 122 Å². The average molecular weight is 290 g/mol. The Morgan fingerprint density at radius 3 is 2.67 bits per heavy atom. The third-order valence-corrected chi connectivity index (χ3v) is 3.67. The van der Waals surface area contributed by atoms with E-state index < -0.39 is 10.9 Å². The fourth-order valence-electron chi connectivity index (χ4n) is 2.04. The molecule has 0 bridgehead atoms. The average Bonchev–Trinajstić information content (AvgIpc) is 3.14. The summed E-state index contributed by atoms with van der Waals surface area (Å²) in [4.78, 5) is 21.6. The molecule has 0 aliphatic heterocycles. The van der Waals surface area contributed by atoms with Gasteiger partial charge in [0, 0.05) is 34.5 Å². The molecule has 1 aromatic rings. The van der Waals surface area contributed by atoms with Crippen molar-refractivity contribution in [2.75, 3.05) is 5.32 Å². The Balaban J connectivity index is 2.44. The van der Waals surface area contributed by atoms with Gasteiger partial charge < -0.3 is 10.4 Å². The number of nitrogens with zero attached hydrogens (tertiary/aromatic N) is 1. The van der Waals surface area contributed by atoms with Gasteiger partial charge in [-0.15, -0.1) is 0 Å². The van der Waals surface area contributed by atoms with Crippen LogP contribution in [0, 0.1) is 10.1 Å². The minimum absolute atomic E-state index is 0.00826. The van der Waals surface area contributed by atoms with Crippen LogP contribution in [-0.4, -0.2) is 21.5 Å². The van der Waals surface area contributed by atoms with Gasteiger partial charge in [0.2, 0.25) is 0 Å². The van der Waals surface area contributed by atoms with Crippen LogP contribution in [-0.2, 0) is 4.79 Å². The molecule has 1 aromatic carbocycles. The van der Waals surface area contributed by atoms with Crippen LogP contribution in [0.5, 0.6) is 0 Å². The SMILES string of the molecule is CCC(=Cc1cc([N+](=O)[O-])ccc1NC1(C)CC1)C(=O)O. The van der Waals surface area contributed by atoms with Gasteiger partial charge in [0.25, 0.3) is 5.69 Å². The van der Waals surface area contributed by atoms with Crippen molar-refractivity contribution in [3.63, 3.8) is 0 Å². The molecule has 21 heavy (non-hydrogen) atoms. The highest BCUT2D eigenvalue weighted by Gasteiger charge is 2.37. The number of rotatable bonds is 6. The number of carboxylic acids is 1. The van der Waals surface area contributed by atoms with E-state index in [1.165, 1.54) is 18.2 Å². The van der Waals surface area contributed by atoms with Crippen LogP contribution in [0.25, 0.3) is 6.08 Å². The summed E-state index contributed by atoms with van der Waals surface area (Å²) in [7, 11) is 0. The molecular weight excluding hydrogens is 272 g/mol. The molecule has 6 heteroatoms. The molecule has 0 unspecified atom stereocenters. The fraction of sp³-hybridized carbons (Fsp3) is 0.400. The topological polar surface area (TPSA) is 92.5 Å². The number of carboxylic acid groups (broad SMARTS) is 1. The van der Waals surface area contributed by atoms with Crippen LogP contribution in [0.2, 0.25) is 0 Å². The van der Waals surface area contributed by atoms with Gasteiger partial charge in [-0.1, -0.05) is 6.92 Å². The number of non-ortho nitro benzene ring substituents is 1. The molecular formula is C15H18N2O4. The van der Waals surface area contributed by atoms with Gasteiger partial charge in [-0.25, -0.2) is 4.79 Å². The Morgan fingerprint density at radius 2 is 2.19 bits per heavy atom. The number of nitro groups is 1. The minimum Gasteiger partial charge on any atom is -0.478 e. The predicted octanol–water partition coefficient (Wildman–Crippen LogP) is 3.44. The first-order chi connectivity index (χ1) is 9.84. The van der Waals surface area contributed by atoms with Crippen LogP contribution in [0.15, 0.2) is 23.8 Å². The second kappa shape index (κ2) is 5.55. The number of hydrogen-bond acceptors (Lipinski definition) is 4. The molecule has 1 aliphatic rings. The molecule has 0 radical (unpaired) electrons. The van der Waals surface area contributed by atoms with Gasteiger partial charge in [-0.2, -0.15) is 0 Å². The lowest BCUT2D eigenvalue weighted by atomic mass is 10.1. The van der Waals surface area contributed by atoms with Gasteiger partial charge in [-0.05, 0) is 38.3 Å². The van der Waals surface area contributed by atoms with E-state index in [0.717, 1.165) is 18.5 Å². The number of anilines is 1. The maximum atomic E-state index is 11.1. The molecule has 0 spiro atoms. The summed E-state index contributed by atoms with van der Waals surface area (Å²) in [6.45, 7) is 3.81. The zero-order valence-electron chi connectivity index (χ0n) is 12.0. The number of carbonyl (C=O) groups is 1. The van der Waals surface area contributed by atoms with E-state index in [-0.39, 0.29) is 16.8 Å². The van der Waals surface area contributed by atoms with Crippen molar-refractivity contribution >= 4 is 23.4 Å². The standard InChI is InChI=1S/C15H18N2O4/c1-3-10(14(18)19)8-11-9-12(17(20)21)4-5-13(11)16-15(2)6-7-15/h4-5,8-9,16H,3,6-7H2,1-2H3,(H,18,19). The predicted molar refractivity (Wildman–Crippen MR) is 80.3 cm³/mol. The molecule has 0 aromatic heterocycles. The first-order valence-electron chi connectivity index (χ1n) is 6.85. The zero-order chi connectivity index (χ0) is 15.6. The first kappa shape index (κ1) is 15.0. The number of benzene rings is 1. The molecule has 2 N–H and O–H groups in total. The molecule has 0 heterocycles. The highest BCUT2D eigenvalue weighted by atomic mass is 16.6. The van der Waals surface area contributed by atoms with Crippen LogP contribution in [0.1, 0.15) is 38.7 Å². The molecule has 0 saturated heterocycles. The van der Waals surface area contributed by atoms with E-state index in [9.17, 15) is 14.9 Å². The summed E-state index contributed by atoms with van der Waals surface area (Å²) in [5.74, 6) is -1.01. The van der Waals surface area contributed by atoms with Crippen LogP contribution >= 0.6 is 0 Å². The maximum absolute atomic E-state index is 11.1. The van der Waals surface area contributed by atoms with E-state index >= 15 is 0 Å². The van der Waals surface area contributed by atoms with Crippen LogP contribution < -0.4 is 5.32 Å². The van der Waals surface area contributed by atoms with Crippen molar-refractivity contribution in [2.45, 2.75) is 38.6 Å². The number of nitrogens with one attached hydrogen (secondary N) is 1. The van der Waals surface area contributed by atoms with E-state index in [0.29, 0.717) is 12.0 Å². The largest absolute Gasteiger partial charge is 0.478 e. The van der Waals surface area contributed by atoms with Crippen molar-refractivity contribution in [1.29, 1.82) is 0 Å². The smallest absolute Gasteiger partial charge is 0.331 e. The Bertz CT molecular complexity index is 618. The molecule has 1 saturated carbocycles. The molecule has 1 aliphatic carbocycles. The Hall–Kier alpha value is -2.37. The lowest BCUT2D eigenvalue weighted by Gasteiger charge is -2.16. The summed E-state index contributed by atoms with van der Waals surface area (Å²) < 4.78 is 0. The Kier molecular flexibility index (Phi) is 3.97. The second-order valence-electron chi connectivity index (χ2n) is 5.54. The monoisotopic (exact) mass is 290 g/mol. The summed E-state index contributed by atoms with van der Waals surface area (Å²) in [5.41, 5.74) is 1.45. The number of nitro benzene ring substituents is 1.